The van der Waals surface area contributed by atoms with E-state index in [4.69, 9.17) is 16.3 Å². The molecule has 160 valence electrons. The lowest BCUT2D eigenvalue weighted by atomic mass is 9.98. The van der Waals surface area contributed by atoms with Crippen LogP contribution in [0.5, 0.6) is 0 Å². The van der Waals surface area contributed by atoms with Gasteiger partial charge in [0.1, 0.15) is 0 Å². The minimum atomic E-state index is 0.652. The summed E-state index contributed by atoms with van der Waals surface area (Å²) in [4.78, 5) is 10.6. The van der Waals surface area contributed by atoms with E-state index in [0.717, 1.165) is 78.1 Å². The molecule has 0 aliphatic carbocycles. The average molecular weight is 443 g/mol. The summed E-state index contributed by atoms with van der Waals surface area (Å²) in [7, 11) is 0. The van der Waals surface area contributed by atoms with Gasteiger partial charge in [0.05, 0.1) is 24.8 Å². The number of fused-ring (bicyclic) bond motifs is 1. The van der Waals surface area contributed by atoms with Crippen molar-refractivity contribution in [2.24, 2.45) is 0 Å². The quantitative estimate of drug-likeness (QED) is 0.455. The van der Waals surface area contributed by atoms with Crippen LogP contribution in [0.4, 0.5) is 0 Å². The number of rotatable bonds is 5. The largest absolute Gasteiger partial charge is 0.379 e. The Morgan fingerprint density at radius 2 is 1.78 bits per heavy atom. The van der Waals surface area contributed by atoms with Gasteiger partial charge in [0.25, 0.3) is 0 Å². The first kappa shape index (κ1) is 20.7. The number of pyridine rings is 1. The number of hydrogen-bond acceptors (Lipinski definition) is 4. The van der Waals surface area contributed by atoms with E-state index in [9.17, 15) is 5.26 Å². The van der Waals surface area contributed by atoms with E-state index in [1.54, 1.807) is 0 Å². The molecule has 6 heteroatoms. The van der Waals surface area contributed by atoms with Gasteiger partial charge >= 0.3 is 0 Å². The van der Waals surface area contributed by atoms with Crippen LogP contribution in [0.25, 0.3) is 33.2 Å². The lowest BCUT2D eigenvalue weighted by molar-refractivity contribution is 0.0384. The molecular formula is C26H23ClN4O. The maximum atomic E-state index is 9.45. The highest BCUT2D eigenvalue weighted by Crippen LogP contribution is 2.35. The molecule has 0 atom stereocenters. The van der Waals surface area contributed by atoms with Crippen molar-refractivity contribution in [2.45, 2.75) is 6.42 Å². The molecule has 1 aliphatic heterocycles. The maximum absolute atomic E-state index is 9.45. The van der Waals surface area contributed by atoms with Gasteiger partial charge in [0.15, 0.2) is 0 Å². The average Bonchev–Trinajstić information content (AvgIpc) is 3.21. The molecule has 4 aromatic rings. The van der Waals surface area contributed by atoms with Crippen molar-refractivity contribution < 1.29 is 4.74 Å². The molecule has 3 heterocycles. The summed E-state index contributed by atoms with van der Waals surface area (Å²) in [5.41, 5.74) is 7.11. The van der Waals surface area contributed by atoms with Crippen LogP contribution in [0, 0.1) is 11.3 Å². The topological polar surface area (TPSA) is 64.9 Å². The summed E-state index contributed by atoms with van der Waals surface area (Å²) in [6.45, 7) is 4.46. The lowest BCUT2D eigenvalue weighted by Gasteiger charge is -2.26. The molecule has 1 aliphatic rings. The normalized spacial score (nSPS) is 14.5. The molecule has 0 bridgehead atoms. The molecule has 5 nitrogen and oxygen atoms in total. The Hall–Kier alpha value is -3.17. The molecule has 2 aromatic carbocycles. The first-order valence-corrected chi connectivity index (χ1v) is 11.2. The Morgan fingerprint density at radius 1 is 1.00 bits per heavy atom. The summed E-state index contributed by atoms with van der Waals surface area (Å²) in [5, 5.41) is 11.2. The number of nitrogens with one attached hydrogen (secondary N) is 1. The van der Waals surface area contributed by atoms with E-state index in [2.05, 4.69) is 27.0 Å². The zero-order valence-corrected chi connectivity index (χ0v) is 18.4. The third kappa shape index (κ3) is 4.26. The molecule has 1 saturated heterocycles. The molecular weight excluding hydrogens is 420 g/mol. The number of halogens is 1. The fourth-order valence-electron chi connectivity index (χ4n) is 4.31. The van der Waals surface area contributed by atoms with Gasteiger partial charge in [-0.25, -0.2) is 0 Å². The molecule has 0 amide bonds. The molecule has 2 aromatic heterocycles. The van der Waals surface area contributed by atoms with E-state index in [1.165, 1.54) is 0 Å². The Bertz CT molecular complexity index is 1280. The molecule has 5 rings (SSSR count). The van der Waals surface area contributed by atoms with Crippen LogP contribution in [-0.4, -0.2) is 47.7 Å². The van der Waals surface area contributed by atoms with Crippen molar-refractivity contribution in [1.29, 1.82) is 5.26 Å². The van der Waals surface area contributed by atoms with Crippen molar-refractivity contribution in [1.82, 2.24) is 14.9 Å². The molecule has 1 fully saturated rings. The lowest BCUT2D eigenvalue weighted by Crippen LogP contribution is -2.37. The number of H-pyrrole nitrogens is 1. The van der Waals surface area contributed by atoms with E-state index in [1.807, 2.05) is 54.9 Å². The summed E-state index contributed by atoms with van der Waals surface area (Å²) >= 11 is 6.07. The number of aromatic amines is 1. The SMILES string of the molecule is N#Cc1ccc2[nH]c(CCN3CCOCC3)c(-c3cncc(-c4ccc(Cl)cc4)c3)c2c1. The second-order valence-corrected chi connectivity index (χ2v) is 8.46. The highest BCUT2D eigenvalue weighted by Gasteiger charge is 2.17. The Kier molecular flexibility index (Phi) is 5.91. The van der Waals surface area contributed by atoms with Crippen LogP contribution in [0.2, 0.25) is 5.02 Å². The van der Waals surface area contributed by atoms with Gasteiger partial charge in [-0.2, -0.15) is 5.26 Å². The number of nitrogens with zero attached hydrogens (tertiary/aromatic N) is 3. The zero-order chi connectivity index (χ0) is 21.9. The Balaban J connectivity index is 1.57. The Morgan fingerprint density at radius 3 is 2.56 bits per heavy atom. The fraction of sp³-hybridized carbons (Fsp3) is 0.231. The van der Waals surface area contributed by atoms with Crippen LogP contribution in [0.3, 0.4) is 0 Å². The fourth-order valence-corrected chi connectivity index (χ4v) is 4.43. The van der Waals surface area contributed by atoms with Crippen molar-refractivity contribution in [3.63, 3.8) is 0 Å². The van der Waals surface area contributed by atoms with Gasteiger partial charge in [-0.3, -0.25) is 9.88 Å². The van der Waals surface area contributed by atoms with Crippen LogP contribution >= 0.6 is 11.6 Å². The number of benzene rings is 2. The van der Waals surface area contributed by atoms with Crippen LogP contribution in [-0.2, 0) is 11.2 Å². The summed E-state index contributed by atoms with van der Waals surface area (Å²) in [5.74, 6) is 0. The van der Waals surface area contributed by atoms with Gasteiger partial charge in [-0.1, -0.05) is 23.7 Å². The number of ether oxygens (including phenoxy) is 1. The monoisotopic (exact) mass is 442 g/mol. The zero-order valence-electron chi connectivity index (χ0n) is 17.6. The summed E-state index contributed by atoms with van der Waals surface area (Å²) in [6, 6.07) is 18.0. The van der Waals surface area contributed by atoms with Gasteiger partial charge in [0.2, 0.25) is 0 Å². The minimum absolute atomic E-state index is 0.652. The maximum Gasteiger partial charge on any atom is 0.0991 e. The molecule has 0 saturated carbocycles. The smallest absolute Gasteiger partial charge is 0.0991 e. The van der Waals surface area contributed by atoms with Gasteiger partial charge in [0, 0.05) is 76.8 Å². The van der Waals surface area contributed by atoms with Crippen molar-refractivity contribution in [3.05, 3.63) is 77.2 Å². The second kappa shape index (κ2) is 9.13. The highest BCUT2D eigenvalue weighted by atomic mass is 35.5. The Labute approximate surface area is 192 Å². The third-order valence-electron chi connectivity index (χ3n) is 5.99. The number of aromatic nitrogens is 2. The van der Waals surface area contributed by atoms with E-state index >= 15 is 0 Å². The molecule has 0 spiro atoms. The summed E-state index contributed by atoms with van der Waals surface area (Å²) < 4.78 is 5.48. The third-order valence-corrected chi connectivity index (χ3v) is 6.24. The molecule has 32 heavy (non-hydrogen) atoms. The van der Waals surface area contributed by atoms with Gasteiger partial charge < -0.3 is 9.72 Å². The number of morpholine rings is 1. The predicted octanol–water partition coefficient (Wildman–Crippen LogP) is 5.30. The van der Waals surface area contributed by atoms with E-state index < -0.39 is 0 Å². The molecule has 0 unspecified atom stereocenters. The van der Waals surface area contributed by atoms with Crippen LogP contribution < -0.4 is 0 Å². The van der Waals surface area contributed by atoms with Gasteiger partial charge in [-0.15, -0.1) is 0 Å². The van der Waals surface area contributed by atoms with Crippen LogP contribution in [0.1, 0.15) is 11.3 Å². The van der Waals surface area contributed by atoms with E-state index in [0.29, 0.717) is 10.6 Å². The van der Waals surface area contributed by atoms with Crippen molar-refractivity contribution in [3.8, 4) is 28.3 Å². The molecule has 1 N–H and O–H groups in total. The molecule has 0 radical (unpaired) electrons. The van der Waals surface area contributed by atoms with E-state index in [-0.39, 0.29) is 0 Å². The van der Waals surface area contributed by atoms with Gasteiger partial charge in [-0.05, 0) is 42.0 Å². The summed E-state index contributed by atoms with van der Waals surface area (Å²) in [6.07, 6.45) is 4.66. The van der Waals surface area contributed by atoms with Crippen molar-refractivity contribution >= 4 is 22.5 Å². The number of hydrogen-bond donors (Lipinski definition) is 1. The highest BCUT2D eigenvalue weighted by molar-refractivity contribution is 6.30. The number of nitriles is 1. The first-order chi connectivity index (χ1) is 15.7. The van der Waals surface area contributed by atoms with Crippen LogP contribution in [0.15, 0.2) is 60.9 Å². The minimum Gasteiger partial charge on any atom is -0.379 e. The second-order valence-electron chi connectivity index (χ2n) is 8.02. The van der Waals surface area contributed by atoms with Crippen molar-refractivity contribution in [2.75, 3.05) is 32.8 Å². The standard InChI is InChI=1S/C26H23ClN4O/c27-22-4-2-19(3-5-22)20-14-21(17-29-16-20)26-23-13-18(15-28)1-6-24(23)30-25(26)7-8-31-9-11-32-12-10-31/h1-6,13-14,16-17,30H,7-12H2. The first-order valence-electron chi connectivity index (χ1n) is 10.8. The predicted molar refractivity (Wildman–Crippen MR) is 128 cm³/mol.